The quantitative estimate of drug-likeness (QED) is 0.792. The molecule has 2 aromatic rings. The van der Waals surface area contributed by atoms with Gasteiger partial charge in [0.2, 0.25) is 5.91 Å². The number of amides is 1. The number of rotatable bonds is 5. The lowest BCUT2D eigenvalue weighted by Crippen LogP contribution is -2.47. The number of carbonyl (C=O) groups is 1. The first-order chi connectivity index (χ1) is 12.7. The maximum atomic E-state index is 13.1. The largest absolute Gasteiger partial charge is 0.310 e. The molecule has 27 heavy (non-hydrogen) atoms. The van der Waals surface area contributed by atoms with Crippen molar-refractivity contribution in [2.75, 3.05) is 36.4 Å². The third-order valence-electron chi connectivity index (χ3n) is 4.84. The average molecular weight is 388 g/mol. The number of nitrogens with zero attached hydrogens (tertiary/aromatic N) is 3. The van der Waals surface area contributed by atoms with Crippen molar-refractivity contribution in [1.82, 2.24) is 4.31 Å². The van der Waals surface area contributed by atoms with Crippen LogP contribution in [0.2, 0.25) is 0 Å². The number of anilines is 2. The van der Waals surface area contributed by atoms with Crippen LogP contribution in [0.1, 0.15) is 16.7 Å². The molecule has 1 amide bonds. The van der Waals surface area contributed by atoms with Crippen molar-refractivity contribution in [2.24, 2.45) is 0 Å². The van der Waals surface area contributed by atoms with Gasteiger partial charge in [-0.1, -0.05) is 30.3 Å². The van der Waals surface area contributed by atoms with E-state index in [4.69, 9.17) is 0 Å². The van der Waals surface area contributed by atoms with Crippen molar-refractivity contribution in [1.29, 1.82) is 0 Å². The summed E-state index contributed by atoms with van der Waals surface area (Å²) in [5.74, 6) is -0.230. The second kappa shape index (κ2) is 7.32. The van der Waals surface area contributed by atoms with Crippen molar-refractivity contribution in [3.8, 4) is 0 Å². The van der Waals surface area contributed by atoms with E-state index in [1.807, 2.05) is 56.3 Å². The maximum absolute atomic E-state index is 13.1. The molecular formula is C20H25N3O3S. The first-order valence-corrected chi connectivity index (χ1v) is 10.3. The summed E-state index contributed by atoms with van der Waals surface area (Å²) in [4.78, 5) is 14.7. The molecule has 2 aromatic carbocycles. The third-order valence-corrected chi connectivity index (χ3v) is 6.65. The molecule has 1 heterocycles. The topological polar surface area (TPSA) is 60.9 Å². The SMILES string of the molecule is Cc1ccc(C)c(N(CC(=O)N2CCc3ccccc32)S(=O)(=O)N(C)C)c1. The fraction of sp³-hybridized carbons (Fsp3) is 0.350. The molecule has 0 saturated carbocycles. The number of para-hydroxylation sites is 1. The molecule has 0 bridgehead atoms. The predicted octanol–water partition coefficient (Wildman–Crippen LogP) is 2.51. The molecule has 1 aliphatic heterocycles. The number of hydrogen-bond acceptors (Lipinski definition) is 3. The van der Waals surface area contributed by atoms with Gasteiger partial charge in [-0.25, -0.2) is 4.31 Å². The molecule has 6 nitrogen and oxygen atoms in total. The van der Waals surface area contributed by atoms with E-state index in [1.54, 1.807) is 4.90 Å². The molecule has 0 aliphatic carbocycles. The van der Waals surface area contributed by atoms with E-state index in [-0.39, 0.29) is 12.5 Å². The Morgan fingerprint density at radius 3 is 2.52 bits per heavy atom. The molecule has 1 aliphatic rings. The van der Waals surface area contributed by atoms with Gasteiger partial charge in [-0.05, 0) is 49.1 Å². The summed E-state index contributed by atoms with van der Waals surface area (Å²) in [6, 6.07) is 13.4. The predicted molar refractivity (Wildman–Crippen MR) is 108 cm³/mol. The molecule has 0 unspecified atom stereocenters. The summed E-state index contributed by atoms with van der Waals surface area (Å²) in [7, 11) is -0.864. The molecule has 7 heteroatoms. The second-order valence-corrected chi connectivity index (χ2v) is 9.08. The Labute approximate surface area is 161 Å². The standard InChI is InChI=1S/C20H25N3O3S/c1-15-9-10-16(2)19(13-15)23(27(25,26)21(3)4)14-20(24)22-12-11-17-7-5-6-8-18(17)22/h5-10,13H,11-12,14H2,1-4H3. The van der Waals surface area contributed by atoms with E-state index >= 15 is 0 Å². The Bertz CT molecular complexity index is 970. The summed E-state index contributed by atoms with van der Waals surface area (Å²) in [5, 5.41) is 0. The van der Waals surface area contributed by atoms with Gasteiger partial charge in [0.15, 0.2) is 0 Å². The first kappa shape index (κ1) is 19.4. The lowest BCUT2D eigenvalue weighted by atomic mass is 10.1. The molecule has 0 aromatic heterocycles. The zero-order valence-corrected chi connectivity index (χ0v) is 17.0. The monoisotopic (exact) mass is 387 g/mol. The van der Waals surface area contributed by atoms with Gasteiger partial charge in [0, 0.05) is 26.3 Å². The summed E-state index contributed by atoms with van der Waals surface area (Å²) in [6.07, 6.45) is 0.784. The molecule has 0 saturated heterocycles. The third kappa shape index (κ3) is 3.70. The smallest absolute Gasteiger partial charge is 0.304 e. The fourth-order valence-electron chi connectivity index (χ4n) is 3.28. The number of aryl methyl sites for hydroxylation is 2. The Hall–Kier alpha value is -2.38. The van der Waals surface area contributed by atoms with E-state index in [0.29, 0.717) is 12.2 Å². The van der Waals surface area contributed by atoms with Crippen molar-refractivity contribution < 1.29 is 13.2 Å². The van der Waals surface area contributed by atoms with Crippen molar-refractivity contribution in [3.05, 3.63) is 59.2 Å². The molecule has 144 valence electrons. The van der Waals surface area contributed by atoms with Gasteiger partial charge in [0.1, 0.15) is 6.54 Å². The minimum Gasteiger partial charge on any atom is -0.310 e. The van der Waals surface area contributed by atoms with Gasteiger partial charge >= 0.3 is 10.2 Å². The number of carbonyl (C=O) groups excluding carboxylic acids is 1. The minimum absolute atomic E-state index is 0.230. The Morgan fingerprint density at radius 2 is 1.81 bits per heavy atom. The van der Waals surface area contributed by atoms with Crippen LogP contribution in [-0.4, -0.2) is 45.8 Å². The Morgan fingerprint density at radius 1 is 1.11 bits per heavy atom. The van der Waals surface area contributed by atoms with E-state index in [9.17, 15) is 13.2 Å². The van der Waals surface area contributed by atoms with Crippen LogP contribution in [0.15, 0.2) is 42.5 Å². The van der Waals surface area contributed by atoms with Crippen LogP contribution in [0.25, 0.3) is 0 Å². The molecule has 0 atom stereocenters. The zero-order chi connectivity index (χ0) is 19.8. The maximum Gasteiger partial charge on any atom is 0.304 e. The Balaban J connectivity index is 1.98. The van der Waals surface area contributed by atoms with Gasteiger partial charge in [0.25, 0.3) is 0 Å². The first-order valence-electron chi connectivity index (χ1n) is 8.87. The highest BCUT2D eigenvalue weighted by Gasteiger charge is 2.32. The van der Waals surface area contributed by atoms with Crippen molar-refractivity contribution >= 4 is 27.5 Å². The van der Waals surface area contributed by atoms with Crippen LogP contribution in [0, 0.1) is 13.8 Å². The molecule has 0 fully saturated rings. The van der Waals surface area contributed by atoms with Crippen LogP contribution < -0.4 is 9.21 Å². The fourth-order valence-corrected chi connectivity index (χ4v) is 4.39. The Kier molecular flexibility index (Phi) is 5.26. The van der Waals surface area contributed by atoms with E-state index < -0.39 is 10.2 Å². The lowest BCUT2D eigenvalue weighted by molar-refractivity contribution is -0.117. The van der Waals surface area contributed by atoms with E-state index in [2.05, 4.69) is 0 Å². The van der Waals surface area contributed by atoms with Crippen LogP contribution in [0.3, 0.4) is 0 Å². The highest BCUT2D eigenvalue weighted by Crippen LogP contribution is 2.29. The van der Waals surface area contributed by atoms with Gasteiger partial charge in [0.05, 0.1) is 5.69 Å². The van der Waals surface area contributed by atoms with E-state index in [0.717, 1.165) is 33.1 Å². The second-order valence-electron chi connectivity index (χ2n) is 7.01. The molecule has 3 rings (SSSR count). The van der Waals surface area contributed by atoms with E-state index in [1.165, 1.54) is 18.4 Å². The van der Waals surface area contributed by atoms with Crippen molar-refractivity contribution in [3.63, 3.8) is 0 Å². The number of benzene rings is 2. The van der Waals surface area contributed by atoms with Crippen LogP contribution in [-0.2, 0) is 21.4 Å². The van der Waals surface area contributed by atoms with Crippen LogP contribution in [0.4, 0.5) is 11.4 Å². The minimum atomic E-state index is -3.81. The normalized spacial score (nSPS) is 13.7. The highest BCUT2D eigenvalue weighted by molar-refractivity contribution is 7.90. The molecule has 0 N–H and O–H groups in total. The molecule has 0 radical (unpaired) electrons. The van der Waals surface area contributed by atoms with Gasteiger partial charge in [-0.3, -0.25) is 4.79 Å². The number of hydrogen-bond donors (Lipinski definition) is 0. The summed E-state index contributed by atoms with van der Waals surface area (Å²) in [6.45, 7) is 4.09. The molecule has 0 spiro atoms. The van der Waals surface area contributed by atoms with Crippen LogP contribution >= 0.6 is 0 Å². The van der Waals surface area contributed by atoms with Gasteiger partial charge < -0.3 is 4.90 Å². The van der Waals surface area contributed by atoms with Gasteiger partial charge in [-0.15, -0.1) is 0 Å². The summed E-state index contributed by atoms with van der Waals surface area (Å²) < 4.78 is 28.3. The van der Waals surface area contributed by atoms with Crippen molar-refractivity contribution in [2.45, 2.75) is 20.3 Å². The average Bonchev–Trinajstić information content (AvgIpc) is 3.05. The highest BCUT2D eigenvalue weighted by atomic mass is 32.2. The molecular weight excluding hydrogens is 362 g/mol. The van der Waals surface area contributed by atoms with Crippen LogP contribution in [0.5, 0.6) is 0 Å². The number of fused-ring (bicyclic) bond motifs is 1. The summed E-state index contributed by atoms with van der Waals surface area (Å²) in [5.41, 5.74) is 4.25. The van der Waals surface area contributed by atoms with Gasteiger partial charge in [-0.2, -0.15) is 12.7 Å². The lowest BCUT2D eigenvalue weighted by Gasteiger charge is -2.30. The summed E-state index contributed by atoms with van der Waals surface area (Å²) >= 11 is 0. The zero-order valence-electron chi connectivity index (χ0n) is 16.1.